The predicted molar refractivity (Wildman–Crippen MR) is 211 cm³/mol. The smallest absolute Gasteiger partial charge is 0.231 e. The van der Waals surface area contributed by atoms with Gasteiger partial charge in [-0.05, 0) is 105 Å². The van der Waals surface area contributed by atoms with E-state index >= 15 is 0 Å². The quantitative estimate of drug-likeness (QED) is 0.0814. The van der Waals surface area contributed by atoms with Crippen molar-refractivity contribution in [3.05, 3.63) is 103 Å². The lowest BCUT2D eigenvalue weighted by Crippen LogP contribution is -2.64. The van der Waals surface area contributed by atoms with Crippen LogP contribution >= 0.6 is 11.8 Å². The molecule has 0 spiro atoms. The summed E-state index contributed by atoms with van der Waals surface area (Å²) in [5.41, 5.74) is 2.66. The topological polar surface area (TPSA) is 89.7 Å². The number of benzene rings is 3. The molecule has 1 saturated carbocycles. The summed E-state index contributed by atoms with van der Waals surface area (Å²) in [7, 11) is 0. The fourth-order valence-electron chi connectivity index (χ4n) is 8.27. The number of rotatable bonds is 17. The van der Waals surface area contributed by atoms with Gasteiger partial charge in [0.05, 0.1) is 23.5 Å². The lowest BCUT2D eigenvalue weighted by atomic mass is 9.56. The van der Waals surface area contributed by atoms with E-state index in [9.17, 15) is 10.2 Å². The summed E-state index contributed by atoms with van der Waals surface area (Å²) < 4.78 is 20.5. The number of hydrogen-bond acceptors (Lipinski definition) is 8. The van der Waals surface area contributed by atoms with E-state index in [0.29, 0.717) is 19.6 Å². The highest BCUT2D eigenvalue weighted by Gasteiger charge is 2.64. The monoisotopic (exact) mass is 725 g/mol. The van der Waals surface area contributed by atoms with Crippen LogP contribution in [0.1, 0.15) is 77.2 Å². The normalized spacial score (nSPS) is 25.8. The van der Waals surface area contributed by atoms with Crippen LogP contribution in [-0.4, -0.2) is 59.0 Å². The average Bonchev–Trinajstić information content (AvgIpc) is 3.14. The number of ether oxygens (including phenoxy) is 3. The third-order valence-corrected chi connectivity index (χ3v) is 11.7. The lowest BCUT2D eigenvalue weighted by molar-refractivity contribution is -0.223. The molecule has 2 aliphatic carbocycles. The first-order valence-electron chi connectivity index (χ1n) is 18.9. The largest absolute Gasteiger partial charge is 0.490 e. The molecule has 1 fully saturated rings. The van der Waals surface area contributed by atoms with Crippen molar-refractivity contribution in [3.63, 3.8) is 0 Å². The van der Waals surface area contributed by atoms with Crippen LogP contribution in [0.25, 0.3) is 10.8 Å². The zero-order valence-corrected chi connectivity index (χ0v) is 31.8. The molecule has 6 unspecified atom stereocenters. The summed E-state index contributed by atoms with van der Waals surface area (Å²) in [6, 6.07) is 21.2. The third-order valence-electron chi connectivity index (χ3n) is 10.4. The van der Waals surface area contributed by atoms with Crippen molar-refractivity contribution in [1.29, 1.82) is 0 Å². The second-order valence-corrected chi connectivity index (χ2v) is 16.5. The number of aliphatic hydroxyl groups excluding tert-OH is 2. The molecule has 0 saturated heterocycles. The Kier molecular flexibility index (Phi) is 12.5. The standard InChI is InChI=1S/C44H55NO6S/c1-6-24-48-33-19-21-39-37(28-33)41-35(17-11-13-23-47)32(16-10-12-22-46)27-36-38(45-51-43(3,4)5)29-40(44(50-39,42(36)41)49-25-7-2)52-34-20-18-30-14-8-9-15-31(30)26-34/h6-9,14-15,18-21,26-28,32,35,40-42,46-47H,1-2,10-13,16-17,22-25,29H2,3-5H3. The van der Waals surface area contributed by atoms with Gasteiger partial charge in [0, 0.05) is 36.0 Å². The first-order valence-corrected chi connectivity index (χ1v) is 19.7. The fourth-order valence-corrected chi connectivity index (χ4v) is 9.60. The molecule has 2 N–H and O–H groups in total. The molecular formula is C44H55NO6S. The second-order valence-electron chi connectivity index (χ2n) is 15.2. The van der Waals surface area contributed by atoms with E-state index in [-0.39, 0.29) is 42.1 Å². The van der Waals surface area contributed by atoms with Crippen LogP contribution in [0.5, 0.6) is 11.5 Å². The van der Waals surface area contributed by atoms with Gasteiger partial charge in [-0.2, -0.15) is 0 Å². The number of unbranched alkanes of at least 4 members (excludes halogenated alkanes) is 2. The van der Waals surface area contributed by atoms with Crippen molar-refractivity contribution < 1.29 is 29.3 Å². The van der Waals surface area contributed by atoms with Crippen LogP contribution in [0.15, 0.2) is 108 Å². The van der Waals surface area contributed by atoms with E-state index in [2.05, 4.69) is 67.8 Å². The van der Waals surface area contributed by atoms with E-state index in [1.807, 2.05) is 39.0 Å². The van der Waals surface area contributed by atoms with Gasteiger partial charge in [-0.1, -0.05) is 73.1 Å². The van der Waals surface area contributed by atoms with Crippen LogP contribution in [0.2, 0.25) is 0 Å². The molecule has 0 radical (unpaired) electrons. The first-order chi connectivity index (χ1) is 25.2. The third kappa shape index (κ3) is 8.31. The van der Waals surface area contributed by atoms with Crippen molar-refractivity contribution in [2.24, 2.45) is 22.9 Å². The highest BCUT2D eigenvalue weighted by molar-refractivity contribution is 8.00. The van der Waals surface area contributed by atoms with Crippen molar-refractivity contribution >= 4 is 28.2 Å². The highest BCUT2D eigenvalue weighted by atomic mass is 32.2. The predicted octanol–water partition coefficient (Wildman–Crippen LogP) is 9.63. The lowest BCUT2D eigenvalue weighted by Gasteiger charge is -2.58. The SMILES string of the molecule is C=CCOc1ccc2c(c1)C1C(CCCCO)C(CCCCO)C=C3C(=NOC(C)(C)C)CC(Sc4ccc5ccccc5c4)C(OCC=C)(O2)C31. The average molecular weight is 726 g/mol. The van der Waals surface area contributed by atoms with Gasteiger partial charge in [-0.15, -0.1) is 18.3 Å². The highest BCUT2D eigenvalue weighted by Crippen LogP contribution is 2.63. The molecule has 1 heterocycles. The second kappa shape index (κ2) is 17.1. The van der Waals surface area contributed by atoms with E-state index in [1.165, 1.54) is 10.8 Å². The van der Waals surface area contributed by atoms with Crippen molar-refractivity contribution in [2.45, 2.75) is 93.2 Å². The summed E-state index contributed by atoms with van der Waals surface area (Å²) in [5.74, 6) is 0.740. The van der Waals surface area contributed by atoms with E-state index in [4.69, 9.17) is 24.2 Å². The van der Waals surface area contributed by atoms with Crippen LogP contribution in [0, 0.1) is 17.8 Å². The number of nitrogens with zero attached hydrogens (tertiary/aromatic N) is 1. The molecule has 0 bridgehead atoms. The number of fused-ring (bicyclic) bond motifs is 3. The van der Waals surface area contributed by atoms with Crippen molar-refractivity contribution in [2.75, 3.05) is 26.4 Å². The van der Waals surface area contributed by atoms with E-state index < -0.39 is 11.4 Å². The van der Waals surface area contributed by atoms with Crippen molar-refractivity contribution in [1.82, 2.24) is 0 Å². The molecule has 6 atom stereocenters. The fraction of sp³-hybridized carbons (Fsp3) is 0.477. The Morgan fingerprint density at radius 2 is 1.67 bits per heavy atom. The summed E-state index contributed by atoms with van der Waals surface area (Å²) in [4.78, 5) is 7.36. The van der Waals surface area contributed by atoms with Gasteiger partial charge in [-0.3, -0.25) is 0 Å². The molecule has 0 amide bonds. The zero-order valence-electron chi connectivity index (χ0n) is 31.0. The summed E-state index contributed by atoms with van der Waals surface area (Å²) in [6.45, 7) is 15.0. The molecule has 3 aromatic carbocycles. The van der Waals surface area contributed by atoms with Gasteiger partial charge in [0.15, 0.2) is 0 Å². The molecule has 52 heavy (non-hydrogen) atoms. The Morgan fingerprint density at radius 3 is 2.40 bits per heavy atom. The minimum Gasteiger partial charge on any atom is -0.490 e. The number of oxime groups is 1. The van der Waals surface area contributed by atoms with Crippen LogP contribution < -0.4 is 9.47 Å². The molecule has 3 aromatic rings. The van der Waals surface area contributed by atoms with E-state index in [0.717, 1.165) is 71.8 Å². The summed E-state index contributed by atoms with van der Waals surface area (Å²) in [5, 5.41) is 26.8. The van der Waals surface area contributed by atoms with Gasteiger partial charge in [0.25, 0.3) is 0 Å². The minimum atomic E-state index is -1.05. The summed E-state index contributed by atoms with van der Waals surface area (Å²) >= 11 is 1.77. The van der Waals surface area contributed by atoms with Gasteiger partial charge in [-0.25, -0.2) is 0 Å². The minimum absolute atomic E-state index is 0.00138. The maximum Gasteiger partial charge on any atom is 0.231 e. The van der Waals surface area contributed by atoms with E-state index in [1.54, 1.807) is 17.8 Å². The zero-order chi connectivity index (χ0) is 36.7. The summed E-state index contributed by atoms with van der Waals surface area (Å²) in [6.07, 6.45) is 11.7. The first kappa shape index (κ1) is 38.2. The molecule has 1 aliphatic heterocycles. The number of thioether (sulfide) groups is 1. The molecule has 6 rings (SSSR count). The maximum atomic E-state index is 9.87. The van der Waals surface area contributed by atoms with Crippen LogP contribution in [0.4, 0.5) is 0 Å². The van der Waals surface area contributed by atoms with Gasteiger partial charge < -0.3 is 29.3 Å². The number of allylic oxidation sites excluding steroid dienone is 1. The number of aliphatic hydroxyl groups is 2. The maximum absolute atomic E-state index is 9.87. The van der Waals surface area contributed by atoms with Crippen LogP contribution in [0.3, 0.4) is 0 Å². The number of hydrogen-bond donors (Lipinski definition) is 2. The molecular weight excluding hydrogens is 671 g/mol. The van der Waals surface area contributed by atoms with Gasteiger partial charge >= 0.3 is 0 Å². The van der Waals surface area contributed by atoms with Gasteiger partial charge in [0.1, 0.15) is 23.7 Å². The Bertz CT molecular complexity index is 1760. The van der Waals surface area contributed by atoms with Gasteiger partial charge in [0.2, 0.25) is 5.79 Å². The molecule has 3 aliphatic rings. The Morgan fingerprint density at radius 1 is 0.923 bits per heavy atom. The molecule has 0 aromatic heterocycles. The Hall–Kier alpha value is -3.56. The molecule has 8 heteroatoms. The van der Waals surface area contributed by atoms with Crippen molar-refractivity contribution in [3.8, 4) is 11.5 Å². The molecule has 7 nitrogen and oxygen atoms in total. The van der Waals surface area contributed by atoms with Crippen LogP contribution in [-0.2, 0) is 9.57 Å². The Labute approximate surface area is 313 Å². The Balaban J connectivity index is 1.57. The molecule has 278 valence electrons.